The van der Waals surface area contributed by atoms with Crippen molar-refractivity contribution >= 4 is 28.3 Å². The van der Waals surface area contributed by atoms with Crippen LogP contribution in [0.5, 0.6) is 5.88 Å². The van der Waals surface area contributed by atoms with E-state index in [1.54, 1.807) is 7.11 Å². The maximum Gasteiger partial charge on any atom is 0.322 e. The average molecular weight is 390 g/mol. The number of carbonyl (C=O) groups excluding carboxylic acids is 1. The van der Waals surface area contributed by atoms with Crippen molar-refractivity contribution in [3.63, 3.8) is 0 Å². The number of ether oxygens (including phenoxy) is 1. The molecule has 150 valence electrons. The van der Waals surface area contributed by atoms with Gasteiger partial charge in [0.05, 0.1) is 12.6 Å². The van der Waals surface area contributed by atoms with Gasteiger partial charge in [-0.1, -0.05) is 24.3 Å². The van der Waals surface area contributed by atoms with Crippen LogP contribution in [-0.4, -0.2) is 49.2 Å². The average Bonchev–Trinajstić information content (AvgIpc) is 2.72. The fourth-order valence-corrected chi connectivity index (χ4v) is 3.84. The fourth-order valence-electron chi connectivity index (χ4n) is 3.84. The van der Waals surface area contributed by atoms with Gasteiger partial charge in [-0.2, -0.15) is 0 Å². The van der Waals surface area contributed by atoms with Crippen molar-refractivity contribution in [1.82, 2.24) is 9.88 Å². The molecule has 1 aliphatic rings. The molecule has 1 fully saturated rings. The molecule has 0 aliphatic carbocycles. The Bertz CT molecular complexity index is 1020. The van der Waals surface area contributed by atoms with Gasteiger partial charge in [0, 0.05) is 37.3 Å². The summed E-state index contributed by atoms with van der Waals surface area (Å²) in [5.74, 6) is 0.422. The van der Waals surface area contributed by atoms with E-state index in [0.29, 0.717) is 24.7 Å². The first-order valence-corrected chi connectivity index (χ1v) is 9.86. The van der Waals surface area contributed by atoms with Gasteiger partial charge in [0.2, 0.25) is 5.88 Å². The molecular formula is C23H26N4O2. The summed E-state index contributed by atoms with van der Waals surface area (Å²) in [5, 5.41) is 3.94. The van der Waals surface area contributed by atoms with Crippen LogP contribution in [0, 0.1) is 13.8 Å². The van der Waals surface area contributed by atoms with Crippen LogP contribution in [0.2, 0.25) is 0 Å². The van der Waals surface area contributed by atoms with E-state index in [0.717, 1.165) is 24.0 Å². The molecule has 0 saturated carbocycles. The van der Waals surface area contributed by atoms with E-state index < -0.39 is 0 Å². The lowest BCUT2D eigenvalue weighted by molar-refractivity contribution is 0.208. The minimum Gasteiger partial charge on any atom is -0.479 e. The number of carbonyl (C=O) groups is 1. The number of aromatic nitrogens is 1. The molecule has 6 nitrogen and oxygen atoms in total. The van der Waals surface area contributed by atoms with Crippen molar-refractivity contribution in [2.24, 2.45) is 0 Å². The van der Waals surface area contributed by atoms with Crippen molar-refractivity contribution in [2.75, 3.05) is 43.5 Å². The zero-order valence-corrected chi connectivity index (χ0v) is 17.1. The number of benzene rings is 2. The molecule has 0 bridgehead atoms. The number of anilines is 2. The predicted molar refractivity (Wildman–Crippen MR) is 117 cm³/mol. The summed E-state index contributed by atoms with van der Waals surface area (Å²) < 4.78 is 5.39. The molecule has 2 amide bonds. The largest absolute Gasteiger partial charge is 0.479 e. The Hall–Kier alpha value is -3.28. The Morgan fingerprint density at radius 2 is 1.69 bits per heavy atom. The van der Waals surface area contributed by atoms with E-state index in [1.807, 2.05) is 35.2 Å². The number of pyridine rings is 1. The van der Waals surface area contributed by atoms with Crippen LogP contribution in [0.15, 0.2) is 48.5 Å². The number of amides is 2. The van der Waals surface area contributed by atoms with Gasteiger partial charge < -0.3 is 19.9 Å². The summed E-state index contributed by atoms with van der Waals surface area (Å²) in [7, 11) is 1.56. The third-order valence-corrected chi connectivity index (χ3v) is 5.26. The Kier molecular flexibility index (Phi) is 5.25. The topological polar surface area (TPSA) is 57.7 Å². The third-order valence-electron chi connectivity index (χ3n) is 5.26. The molecule has 2 aromatic carbocycles. The van der Waals surface area contributed by atoms with Crippen molar-refractivity contribution in [2.45, 2.75) is 13.8 Å². The molecule has 0 unspecified atom stereocenters. The number of fused-ring (bicyclic) bond motifs is 1. The summed E-state index contributed by atoms with van der Waals surface area (Å²) in [6, 6.07) is 16.2. The molecule has 6 heteroatoms. The number of para-hydroxylation sites is 1. The number of piperazine rings is 1. The van der Waals surface area contributed by atoms with Crippen LogP contribution in [0.4, 0.5) is 16.2 Å². The molecule has 4 rings (SSSR count). The van der Waals surface area contributed by atoms with Crippen molar-refractivity contribution < 1.29 is 9.53 Å². The number of nitrogens with zero attached hydrogens (tertiary/aromatic N) is 3. The number of rotatable bonds is 3. The first-order valence-electron chi connectivity index (χ1n) is 9.86. The molecule has 1 saturated heterocycles. The van der Waals surface area contributed by atoms with Crippen LogP contribution in [-0.2, 0) is 0 Å². The van der Waals surface area contributed by atoms with E-state index >= 15 is 0 Å². The second-order valence-electron chi connectivity index (χ2n) is 7.49. The van der Waals surface area contributed by atoms with Crippen molar-refractivity contribution in [1.29, 1.82) is 0 Å². The van der Waals surface area contributed by atoms with Crippen LogP contribution >= 0.6 is 0 Å². The second-order valence-corrected chi connectivity index (χ2v) is 7.49. The van der Waals surface area contributed by atoms with Crippen molar-refractivity contribution in [3.05, 3.63) is 59.7 Å². The molecule has 0 atom stereocenters. The zero-order valence-electron chi connectivity index (χ0n) is 17.1. The highest BCUT2D eigenvalue weighted by Crippen LogP contribution is 2.27. The summed E-state index contributed by atoms with van der Waals surface area (Å²) in [6.07, 6.45) is 0. The smallest absolute Gasteiger partial charge is 0.322 e. The first-order chi connectivity index (χ1) is 14.0. The maximum atomic E-state index is 12.8. The van der Waals surface area contributed by atoms with Crippen LogP contribution < -0.4 is 15.0 Å². The van der Waals surface area contributed by atoms with Gasteiger partial charge in [-0.05, 0) is 49.2 Å². The summed E-state index contributed by atoms with van der Waals surface area (Å²) >= 11 is 0. The Morgan fingerprint density at radius 1 is 1.00 bits per heavy atom. The molecule has 3 aromatic rings. The van der Waals surface area contributed by atoms with E-state index in [-0.39, 0.29) is 6.03 Å². The minimum atomic E-state index is -0.125. The Morgan fingerprint density at radius 3 is 2.38 bits per heavy atom. The van der Waals surface area contributed by atoms with Gasteiger partial charge in [-0.3, -0.25) is 0 Å². The standard InChI is InChI=1S/C23H26N4O2/c1-16-12-17(2)14-19(13-16)26-8-10-27(11-9-26)23(28)25-21-15-18-6-4-5-7-20(18)24-22(21)29-3/h4-7,12-15H,8-11H2,1-3H3,(H,25,28). The molecule has 0 spiro atoms. The highest BCUT2D eigenvalue weighted by molar-refractivity contribution is 5.94. The lowest BCUT2D eigenvalue weighted by Gasteiger charge is -2.36. The highest BCUT2D eigenvalue weighted by Gasteiger charge is 2.22. The molecule has 1 aromatic heterocycles. The SMILES string of the molecule is COc1nc2ccccc2cc1NC(=O)N1CCN(c2cc(C)cc(C)c2)CC1. The monoisotopic (exact) mass is 390 g/mol. The van der Waals surface area contributed by atoms with Gasteiger partial charge in [-0.15, -0.1) is 0 Å². The molecule has 29 heavy (non-hydrogen) atoms. The highest BCUT2D eigenvalue weighted by atomic mass is 16.5. The summed E-state index contributed by atoms with van der Waals surface area (Å²) in [4.78, 5) is 21.5. The van der Waals surface area contributed by atoms with Gasteiger partial charge in [-0.25, -0.2) is 9.78 Å². The second kappa shape index (κ2) is 7.99. The number of hydrogen-bond donors (Lipinski definition) is 1. The fraction of sp³-hybridized carbons (Fsp3) is 0.304. The van der Waals surface area contributed by atoms with Gasteiger partial charge >= 0.3 is 6.03 Å². The zero-order chi connectivity index (χ0) is 20.4. The molecule has 1 aliphatic heterocycles. The number of hydrogen-bond acceptors (Lipinski definition) is 4. The van der Waals surface area contributed by atoms with Crippen molar-refractivity contribution in [3.8, 4) is 5.88 Å². The van der Waals surface area contributed by atoms with E-state index in [4.69, 9.17) is 4.74 Å². The summed E-state index contributed by atoms with van der Waals surface area (Å²) in [5.41, 5.74) is 5.17. The number of methoxy groups -OCH3 is 1. The van der Waals surface area contributed by atoms with E-state index in [2.05, 4.69) is 47.2 Å². The summed E-state index contributed by atoms with van der Waals surface area (Å²) in [6.45, 7) is 7.19. The number of aryl methyl sites for hydroxylation is 2. The Labute approximate surface area is 171 Å². The predicted octanol–water partition coefficient (Wildman–Crippen LogP) is 4.21. The van der Waals surface area contributed by atoms with Gasteiger partial charge in [0.15, 0.2) is 0 Å². The quantitative estimate of drug-likeness (QED) is 0.728. The van der Waals surface area contributed by atoms with Gasteiger partial charge in [0.25, 0.3) is 0 Å². The van der Waals surface area contributed by atoms with Crippen LogP contribution in [0.25, 0.3) is 10.9 Å². The molecular weight excluding hydrogens is 364 g/mol. The minimum absolute atomic E-state index is 0.125. The van der Waals surface area contributed by atoms with Crippen LogP contribution in [0.1, 0.15) is 11.1 Å². The molecule has 2 heterocycles. The van der Waals surface area contributed by atoms with Crippen LogP contribution in [0.3, 0.4) is 0 Å². The Balaban J connectivity index is 1.44. The van der Waals surface area contributed by atoms with E-state index in [9.17, 15) is 4.79 Å². The number of urea groups is 1. The number of nitrogens with one attached hydrogen (secondary N) is 1. The third kappa shape index (κ3) is 4.11. The lowest BCUT2D eigenvalue weighted by Crippen LogP contribution is -2.50. The van der Waals surface area contributed by atoms with Gasteiger partial charge in [0.1, 0.15) is 5.69 Å². The first kappa shape index (κ1) is 19.1. The lowest BCUT2D eigenvalue weighted by atomic mass is 10.1. The van der Waals surface area contributed by atoms with E-state index in [1.165, 1.54) is 16.8 Å². The molecule has 1 N–H and O–H groups in total. The maximum absolute atomic E-state index is 12.8. The molecule has 0 radical (unpaired) electrons. The normalized spacial score (nSPS) is 14.2.